The van der Waals surface area contributed by atoms with E-state index in [0.29, 0.717) is 4.57 Å². The van der Waals surface area contributed by atoms with Crippen LogP contribution in [-0.2, 0) is 36.8 Å². The minimum atomic E-state index is -5.67. The SMILES string of the molecule is CC(=O)N[C@H]1C(OP(=O)(O)OP(=O)(O)OC[C@H]2O[C@@H](n3ccc(=O)[nH]c3=O)[C@H](O)[C@@H]2O)O[C@H](CO)[C@H](F)[C@@H]1O. The van der Waals surface area contributed by atoms with E-state index in [2.05, 4.69) is 13.4 Å². The molecule has 0 spiro atoms. The highest BCUT2D eigenvalue weighted by atomic mass is 31.3. The molecule has 0 radical (unpaired) electrons. The average molecular weight is 609 g/mol. The molecule has 2 saturated heterocycles. The Hall–Kier alpha value is -1.90. The first-order chi connectivity index (χ1) is 18.0. The highest BCUT2D eigenvalue weighted by Crippen LogP contribution is 2.61. The molecule has 0 bridgehead atoms. The van der Waals surface area contributed by atoms with Gasteiger partial charge >= 0.3 is 21.3 Å². The van der Waals surface area contributed by atoms with Crippen molar-refractivity contribution >= 4 is 21.6 Å². The van der Waals surface area contributed by atoms with Crippen molar-refractivity contribution < 1.29 is 71.4 Å². The van der Waals surface area contributed by atoms with Crippen LogP contribution in [0.5, 0.6) is 0 Å². The number of amides is 1. The molecule has 0 saturated carbocycles. The first-order valence-corrected chi connectivity index (χ1v) is 13.9. The van der Waals surface area contributed by atoms with E-state index in [4.69, 9.17) is 9.47 Å². The van der Waals surface area contributed by atoms with Crippen LogP contribution in [0.2, 0.25) is 0 Å². The number of aromatic amines is 1. The maximum atomic E-state index is 14.2. The second-order valence-corrected chi connectivity index (χ2v) is 11.4. The summed E-state index contributed by atoms with van der Waals surface area (Å²) in [5.41, 5.74) is -1.77. The van der Waals surface area contributed by atoms with Crippen molar-refractivity contribution in [3.63, 3.8) is 0 Å². The third-order valence-corrected chi connectivity index (χ3v) is 8.11. The number of H-pyrrole nitrogens is 1. The number of halogens is 1. The number of ether oxygens (including phenoxy) is 2. The van der Waals surface area contributed by atoms with Crippen molar-refractivity contribution in [2.75, 3.05) is 13.2 Å². The van der Waals surface area contributed by atoms with Gasteiger partial charge in [0, 0.05) is 19.2 Å². The molecule has 22 heteroatoms. The van der Waals surface area contributed by atoms with Crippen LogP contribution < -0.4 is 16.6 Å². The van der Waals surface area contributed by atoms with Crippen LogP contribution in [0.25, 0.3) is 0 Å². The molecule has 222 valence electrons. The van der Waals surface area contributed by atoms with Gasteiger partial charge in [0.1, 0.15) is 36.6 Å². The largest absolute Gasteiger partial charge is 0.483 e. The van der Waals surface area contributed by atoms with Gasteiger partial charge in [0.15, 0.2) is 18.7 Å². The molecular formula is C17H26FN3O16P2. The van der Waals surface area contributed by atoms with E-state index < -0.39 is 101 Å². The molecule has 2 fully saturated rings. The molecule has 3 rings (SSSR count). The van der Waals surface area contributed by atoms with E-state index in [0.717, 1.165) is 19.2 Å². The lowest BCUT2D eigenvalue weighted by atomic mass is 9.98. The van der Waals surface area contributed by atoms with E-state index >= 15 is 0 Å². The van der Waals surface area contributed by atoms with Crippen molar-refractivity contribution in [1.82, 2.24) is 14.9 Å². The summed E-state index contributed by atoms with van der Waals surface area (Å²) >= 11 is 0. The zero-order valence-corrected chi connectivity index (χ0v) is 21.5. The minimum absolute atomic E-state index is 0.714. The lowest BCUT2D eigenvalue weighted by Crippen LogP contribution is -2.63. The number of aliphatic hydroxyl groups is 4. The molecular weight excluding hydrogens is 583 g/mol. The number of phosphoric acid groups is 2. The highest BCUT2D eigenvalue weighted by molar-refractivity contribution is 7.61. The zero-order chi connectivity index (χ0) is 29.3. The van der Waals surface area contributed by atoms with Gasteiger partial charge in [-0.2, -0.15) is 4.31 Å². The van der Waals surface area contributed by atoms with Crippen molar-refractivity contribution in [2.45, 2.75) is 62.2 Å². The number of aromatic nitrogens is 2. The number of aliphatic hydroxyl groups excluding tert-OH is 4. The molecule has 19 nitrogen and oxygen atoms in total. The van der Waals surface area contributed by atoms with Crippen molar-refractivity contribution in [2.24, 2.45) is 0 Å². The minimum Gasteiger partial charge on any atom is -0.394 e. The molecule has 1 aromatic rings. The summed E-state index contributed by atoms with van der Waals surface area (Å²) in [6.45, 7) is -1.12. The van der Waals surface area contributed by atoms with Crippen molar-refractivity contribution in [3.8, 4) is 0 Å². The summed E-state index contributed by atoms with van der Waals surface area (Å²) in [7, 11) is -11.2. The first kappa shape index (κ1) is 31.6. The Bertz CT molecular complexity index is 1240. The normalized spacial score (nSPS) is 36.2. The standard InChI is InChI=1S/C17H26FN3O16P2/c1-6(23)19-11-13(26)10(18)7(4-22)35-16(11)36-39(31,32)37-38(29,30)33-5-8-12(25)14(27)15(34-8)21-3-2-9(24)20-17(21)28/h2-3,7-8,10-16,22,25-27H,4-5H2,1H3,(H,19,23)(H,29,30)(H,31,32)(H,20,24,28)/t7-,8-,10+,11-,12-,13+,14-,15-,16?/m1/s1. The third-order valence-electron chi connectivity index (χ3n) is 5.51. The van der Waals surface area contributed by atoms with Gasteiger partial charge in [-0.15, -0.1) is 0 Å². The molecule has 11 atom stereocenters. The maximum absolute atomic E-state index is 14.2. The Morgan fingerprint density at radius 3 is 2.38 bits per heavy atom. The number of carbonyl (C=O) groups excluding carboxylic acids is 1. The van der Waals surface area contributed by atoms with Gasteiger partial charge in [0.05, 0.1) is 13.2 Å². The molecule has 3 unspecified atom stereocenters. The van der Waals surface area contributed by atoms with Gasteiger partial charge < -0.3 is 45.0 Å². The van der Waals surface area contributed by atoms with E-state index in [1.807, 2.05) is 10.3 Å². The second-order valence-electron chi connectivity index (χ2n) is 8.37. The smallest absolute Gasteiger partial charge is 0.394 e. The number of carbonyl (C=O) groups is 1. The molecule has 39 heavy (non-hydrogen) atoms. The summed E-state index contributed by atoms with van der Waals surface area (Å²) in [5.74, 6) is -0.851. The van der Waals surface area contributed by atoms with E-state index in [9.17, 15) is 58.1 Å². The number of alkyl halides is 1. The van der Waals surface area contributed by atoms with E-state index in [1.54, 1.807) is 0 Å². The van der Waals surface area contributed by atoms with Crippen LogP contribution >= 0.6 is 15.6 Å². The molecule has 1 amide bonds. The fraction of sp³-hybridized carbons (Fsp3) is 0.706. The molecule has 0 aliphatic carbocycles. The Morgan fingerprint density at radius 2 is 1.79 bits per heavy atom. The van der Waals surface area contributed by atoms with E-state index in [1.165, 1.54) is 0 Å². The second kappa shape index (κ2) is 12.3. The van der Waals surface area contributed by atoms with Crippen LogP contribution in [0.3, 0.4) is 0 Å². The molecule has 3 heterocycles. The molecule has 1 aromatic heterocycles. The number of hydrogen-bond acceptors (Lipinski definition) is 14. The highest BCUT2D eigenvalue weighted by Gasteiger charge is 2.51. The average Bonchev–Trinajstić information content (AvgIpc) is 3.10. The number of rotatable bonds is 10. The Morgan fingerprint density at radius 1 is 1.13 bits per heavy atom. The fourth-order valence-electron chi connectivity index (χ4n) is 3.73. The quantitative estimate of drug-likeness (QED) is 0.119. The number of nitrogens with zero attached hydrogens (tertiary/aromatic N) is 1. The predicted octanol–water partition coefficient (Wildman–Crippen LogP) is -3.67. The number of nitrogens with one attached hydrogen (secondary N) is 2. The van der Waals surface area contributed by atoms with Gasteiger partial charge in [-0.25, -0.2) is 18.3 Å². The third kappa shape index (κ3) is 7.65. The van der Waals surface area contributed by atoms with Gasteiger partial charge in [0.2, 0.25) is 5.91 Å². The Balaban J connectivity index is 1.66. The van der Waals surface area contributed by atoms with Gasteiger partial charge in [-0.1, -0.05) is 0 Å². The van der Waals surface area contributed by atoms with Crippen LogP contribution in [0.15, 0.2) is 21.9 Å². The summed E-state index contributed by atoms with van der Waals surface area (Å²) in [5, 5.41) is 41.7. The van der Waals surface area contributed by atoms with Gasteiger partial charge in [-0.3, -0.25) is 28.2 Å². The molecule has 0 aromatic carbocycles. The lowest BCUT2D eigenvalue weighted by molar-refractivity contribution is -0.233. The molecule has 2 aliphatic heterocycles. The number of phosphoric ester groups is 2. The van der Waals surface area contributed by atoms with Crippen LogP contribution in [0.4, 0.5) is 4.39 Å². The Kier molecular flexibility index (Phi) is 9.98. The summed E-state index contributed by atoms with van der Waals surface area (Å²) in [4.78, 5) is 56.3. The van der Waals surface area contributed by atoms with Gasteiger partial charge in [0.25, 0.3) is 5.56 Å². The summed E-state index contributed by atoms with van der Waals surface area (Å²) in [6, 6.07) is -0.898. The maximum Gasteiger partial charge on any atom is 0.483 e. The molecule has 2 aliphatic rings. The fourth-order valence-corrected chi connectivity index (χ4v) is 5.89. The van der Waals surface area contributed by atoms with Crippen LogP contribution in [0, 0.1) is 0 Å². The monoisotopic (exact) mass is 609 g/mol. The number of hydrogen-bond donors (Lipinski definition) is 8. The van der Waals surface area contributed by atoms with E-state index in [-0.39, 0.29) is 0 Å². The molecule has 8 N–H and O–H groups in total. The van der Waals surface area contributed by atoms with Crippen LogP contribution in [0.1, 0.15) is 13.2 Å². The van der Waals surface area contributed by atoms with Crippen molar-refractivity contribution in [1.29, 1.82) is 0 Å². The lowest BCUT2D eigenvalue weighted by Gasteiger charge is -2.41. The zero-order valence-electron chi connectivity index (χ0n) is 19.8. The predicted molar refractivity (Wildman–Crippen MR) is 119 cm³/mol. The van der Waals surface area contributed by atoms with Crippen LogP contribution in [-0.4, -0.2) is 108 Å². The Labute approximate surface area is 216 Å². The summed E-state index contributed by atoms with van der Waals surface area (Å²) in [6.07, 6.45) is -14.1. The first-order valence-electron chi connectivity index (χ1n) is 10.9. The summed E-state index contributed by atoms with van der Waals surface area (Å²) < 4.78 is 63.1. The topological polar surface area (TPSA) is 286 Å². The van der Waals surface area contributed by atoms with Gasteiger partial charge in [-0.05, 0) is 0 Å². The van der Waals surface area contributed by atoms with Crippen molar-refractivity contribution in [3.05, 3.63) is 33.1 Å².